The van der Waals surface area contributed by atoms with E-state index in [9.17, 15) is 4.79 Å². The summed E-state index contributed by atoms with van der Waals surface area (Å²) in [7, 11) is 1.63. The number of hydrogen-bond acceptors (Lipinski definition) is 3. The van der Waals surface area contributed by atoms with Crippen molar-refractivity contribution in [3.05, 3.63) is 28.8 Å². The Kier molecular flexibility index (Phi) is 3.25. The lowest BCUT2D eigenvalue weighted by molar-refractivity contribution is 0.0982. The van der Waals surface area contributed by atoms with Crippen molar-refractivity contribution in [3.8, 4) is 5.75 Å². The number of aryl methyl sites for hydroxylation is 1. The zero-order valence-corrected chi connectivity index (χ0v) is 9.58. The summed E-state index contributed by atoms with van der Waals surface area (Å²) >= 11 is 0. The van der Waals surface area contributed by atoms with Gasteiger partial charge in [-0.2, -0.15) is 0 Å². The molecular weight excluding hydrogens is 202 g/mol. The van der Waals surface area contributed by atoms with Crippen LogP contribution in [0.1, 0.15) is 34.3 Å². The lowest BCUT2D eigenvalue weighted by Gasteiger charge is -2.12. The molecule has 3 nitrogen and oxygen atoms in total. The van der Waals surface area contributed by atoms with Crippen LogP contribution in [-0.2, 0) is 12.8 Å². The van der Waals surface area contributed by atoms with E-state index in [0.717, 1.165) is 25.0 Å². The van der Waals surface area contributed by atoms with Crippen LogP contribution < -0.4 is 10.5 Å². The van der Waals surface area contributed by atoms with Crippen LogP contribution in [0.3, 0.4) is 0 Å². The molecule has 0 heterocycles. The lowest BCUT2D eigenvalue weighted by Crippen LogP contribution is -2.10. The summed E-state index contributed by atoms with van der Waals surface area (Å²) < 4.78 is 5.39. The monoisotopic (exact) mass is 219 g/mol. The first kappa shape index (κ1) is 11.1. The van der Waals surface area contributed by atoms with Gasteiger partial charge in [-0.05, 0) is 43.0 Å². The number of Topliss-reactive ketones (excluding diaryl/α,β-unsaturated/α-hetero) is 1. The van der Waals surface area contributed by atoms with Crippen LogP contribution in [0.5, 0.6) is 5.75 Å². The minimum Gasteiger partial charge on any atom is -0.496 e. The maximum atomic E-state index is 11.9. The van der Waals surface area contributed by atoms with E-state index in [1.807, 2.05) is 6.07 Å². The Labute approximate surface area is 95.6 Å². The molecule has 0 aromatic heterocycles. The number of nitrogens with two attached hydrogens (primary N) is 1. The fraction of sp³-hybridized carbons (Fsp3) is 0.462. The van der Waals surface area contributed by atoms with Gasteiger partial charge in [0.25, 0.3) is 0 Å². The van der Waals surface area contributed by atoms with Crippen LogP contribution in [0.25, 0.3) is 0 Å². The predicted octanol–water partition coefficient (Wildman–Crippen LogP) is 1.72. The Hall–Kier alpha value is -1.35. The van der Waals surface area contributed by atoms with Gasteiger partial charge in [0, 0.05) is 6.42 Å². The van der Waals surface area contributed by atoms with Crippen molar-refractivity contribution >= 4 is 5.78 Å². The largest absolute Gasteiger partial charge is 0.496 e. The van der Waals surface area contributed by atoms with E-state index in [2.05, 4.69) is 6.07 Å². The van der Waals surface area contributed by atoms with Gasteiger partial charge in [-0.1, -0.05) is 6.07 Å². The fourth-order valence-electron chi connectivity index (χ4n) is 2.35. The molecule has 1 aliphatic rings. The molecular formula is C13H17NO2. The molecule has 2 N–H and O–H groups in total. The second-order valence-corrected chi connectivity index (χ2v) is 4.10. The van der Waals surface area contributed by atoms with Gasteiger partial charge in [0.2, 0.25) is 0 Å². The van der Waals surface area contributed by atoms with Crippen LogP contribution in [0.2, 0.25) is 0 Å². The van der Waals surface area contributed by atoms with Gasteiger partial charge in [0.15, 0.2) is 5.78 Å². The molecule has 0 bridgehead atoms. The third-order valence-corrected chi connectivity index (χ3v) is 3.11. The second kappa shape index (κ2) is 4.66. The number of carbonyl (C=O) groups is 1. The van der Waals surface area contributed by atoms with E-state index in [-0.39, 0.29) is 5.78 Å². The van der Waals surface area contributed by atoms with Crippen LogP contribution in [0.15, 0.2) is 12.1 Å². The highest BCUT2D eigenvalue weighted by Gasteiger charge is 2.21. The number of methoxy groups -OCH3 is 1. The normalized spacial score (nSPS) is 13.6. The van der Waals surface area contributed by atoms with Gasteiger partial charge in [0.05, 0.1) is 12.7 Å². The first-order valence-electron chi connectivity index (χ1n) is 5.70. The molecule has 0 spiro atoms. The molecule has 0 unspecified atom stereocenters. The SMILES string of the molecule is COc1c(C(=O)CCN)ccc2c1CCC2. The molecule has 0 fully saturated rings. The Bertz CT molecular complexity index is 413. The van der Waals surface area contributed by atoms with Crippen molar-refractivity contribution in [1.82, 2.24) is 0 Å². The lowest BCUT2D eigenvalue weighted by atomic mass is 10.00. The molecule has 16 heavy (non-hydrogen) atoms. The van der Waals surface area contributed by atoms with Crippen molar-refractivity contribution < 1.29 is 9.53 Å². The summed E-state index contributed by atoms with van der Waals surface area (Å²) in [5.41, 5.74) is 8.63. The van der Waals surface area contributed by atoms with Gasteiger partial charge >= 0.3 is 0 Å². The third kappa shape index (κ3) is 1.83. The first-order chi connectivity index (χ1) is 7.77. The highest BCUT2D eigenvalue weighted by Crippen LogP contribution is 2.34. The molecule has 0 saturated carbocycles. The Balaban J connectivity index is 2.42. The molecule has 2 rings (SSSR count). The van der Waals surface area contributed by atoms with E-state index in [1.165, 1.54) is 11.1 Å². The fourth-order valence-corrected chi connectivity index (χ4v) is 2.35. The van der Waals surface area contributed by atoms with E-state index in [1.54, 1.807) is 7.11 Å². The minimum absolute atomic E-state index is 0.0778. The number of ether oxygens (including phenoxy) is 1. The molecule has 0 saturated heterocycles. The summed E-state index contributed by atoms with van der Waals surface area (Å²) in [5.74, 6) is 0.850. The molecule has 1 aromatic carbocycles. The van der Waals surface area contributed by atoms with E-state index in [4.69, 9.17) is 10.5 Å². The molecule has 86 valence electrons. The summed E-state index contributed by atoms with van der Waals surface area (Å²) in [6.07, 6.45) is 3.65. The van der Waals surface area contributed by atoms with Gasteiger partial charge in [-0.15, -0.1) is 0 Å². The predicted molar refractivity (Wildman–Crippen MR) is 63.0 cm³/mol. The third-order valence-electron chi connectivity index (χ3n) is 3.11. The van der Waals surface area contributed by atoms with E-state index < -0.39 is 0 Å². The first-order valence-corrected chi connectivity index (χ1v) is 5.70. The highest BCUT2D eigenvalue weighted by atomic mass is 16.5. The summed E-state index contributed by atoms with van der Waals surface area (Å²) in [4.78, 5) is 11.9. The zero-order valence-electron chi connectivity index (χ0n) is 9.58. The highest BCUT2D eigenvalue weighted by molar-refractivity contribution is 5.99. The van der Waals surface area contributed by atoms with Crippen molar-refractivity contribution in [2.24, 2.45) is 5.73 Å². The summed E-state index contributed by atoms with van der Waals surface area (Å²) in [5, 5.41) is 0. The maximum Gasteiger partial charge on any atom is 0.167 e. The molecule has 3 heteroatoms. The Morgan fingerprint density at radius 3 is 2.94 bits per heavy atom. The Morgan fingerprint density at radius 2 is 2.25 bits per heavy atom. The zero-order chi connectivity index (χ0) is 11.5. The molecule has 0 amide bonds. The molecule has 1 aromatic rings. The number of benzene rings is 1. The van der Waals surface area contributed by atoms with Crippen molar-refractivity contribution in [2.75, 3.05) is 13.7 Å². The number of hydrogen-bond donors (Lipinski definition) is 1. The summed E-state index contributed by atoms with van der Waals surface area (Å²) in [6.45, 7) is 0.388. The van der Waals surface area contributed by atoms with Gasteiger partial charge in [-0.3, -0.25) is 4.79 Å². The second-order valence-electron chi connectivity index (χ2n) is 4.10. The smallest absolute Gasteiger partial charge is 0.167 e. The summed E-state index contributed by atoms with van der Waals surface area (Å²) in [6, 6.07) is 3.93. The van der Waals surface area contributed by atoms with E-state index >= 15 is 0 Å². The van der Waals surface area contributed by atoms with Crippen molar-refractivity contribution in [1.29, 1.82) is 0 Å². The standard InChI is InChI=1S/C13H17NO2/c1-16-13-10-4-2-3-9(10)5-6-11(13)12(15)7-8-14/h5-6H,2-4,7-8,14H2,1H3. The molecule has 0 aliphatic heterocycles. The Morgan fingerprint density at radius 1 is 1.44 bits per heavy atom. The van der Waals surface area contributed by atoms with Crippen LogP contribution >= 0.6 is 0 Å². The van der Waals surface area contributed by atoms with Crippen LogP contribution in [-0.4, -0.2) is 19.4 Å². The van der Waals surface area contributed by atoms with Crippen molar-refractivity contribution in [3.63, 3.8) is 0 Å². The topological polar surface area (TPSA) is 52.3 Å². The van der Waals surface area contributed by atoms with Gasteiger partial charge in [-0.25, -0.2) is 0 Å². The van der Waals surface area contributed by atoms with Gasteiger partial charge < -0.3 is 10.5 Å². The number of carbonyl (C=O) groups excluding carboxylic acids is 1. The average Bonchev–Trinajstić information content (AvgIpc) is 2.75. The minimum atomic E-state index is 0.0778. The number of rotatable bonds is 4. The molecule has 0 radical (unpaired) electrons. The number of fused-ring (bicyclic) bond motifs is 1. The number of ketones is 1. The van der Waals surface area contributed by atoms with Crippen LogP contribution in [0.4, 0.5) is 0 Å². The molecule has 0 atom stereocenters. The average molecular weight is 219 g/mol. The molecule has 1 aliphatic carbocycles. The van der Waals surface area contributed by atoms with Gasteiger partial charge in [0.1, 0.15) is 5.75 Å². The maximum absolute atomic E-state index is 11.9. The van der Waals surface area contributed by atoms with Crippen molar-refractivity contribution in [2.45, 2.75) is 25.7 Å². The van der Waals surface area contributed by atoms with E-state index in [0.29, 0.717) is 18.5 Å². The van der Waals surface area contributed by atoms with Crippen LogP contribution in [0, 0.1) is 0 Å². The quantitative estimate of drug-likeness (QED) is 0.784.